The Balaban J connectivity index is 2.16. The predicted octanol–water partition coefficient (Wildman–Crippen LogP) is 3.67. The number of hydrogen-bond acceptors (Lipinski definition) is 3. The zero-order chi connectivity index (χ0) is 13.8. The predicted molar refractivity (Wildman–Crippen MR) is 72.4 cm³/mol. The fourth-order valence-corrected chi connectivity index (χ4v) is 1.82. The summed E-state index contributed by atoms with van der Waals surface area (Å²) in [6.07, 6.45) is 0. The molecule has 0 aliphatic carbocycles. The summed E-state index contributed by atoms with van der Waals surface area (Å²) in [5.74, 6) is 0.0692. The van der Waals surface area contributed by atoms with Gasteiger partial charge in [-0.25, -0.2) is 9.37 Å². The van der Waals surface area contributed by atoms with Gasteiger partial charge >= 0.3 is 0 Å². The molecule has 0 unspecified atom stereocenters. The lowest BCUT2D eigenvalue weighted by Gasteiger charge is -2.08. The van der Waals surface area contributed by atoms with Crippen LogP contribution < -0.4 is 5.32 Å². The van der Waals surface area contributed by atoms with Crippen LogP contribution >= 0.6 is 11.6 Å². The SMILES string of the molecule is Cc1ccc(C#N)c(NCc2ccc(F)c(Cl)c2)n1. The van der Waals surface area contributed by atoms with Crippen LogP contribution in [0.5, 0.6) is 0 Å². The molecule has 0 atom stereocenters. The highest BCUT2D eigenvalue weighted by atomic mass is 35.5. The van der Waals surface area contributed by atoms with E-state index in [0.29, 0.717) is 17.9 Å². The topological polar surface area (TPSA) is 48.7 Å². The third-order valence-electron chi connectivity index (χ3n) is 2.60. The van der Waals surface area contributed by atoms with E-state index in [2.05, 4.69) is 16.4 Å². The Kier molecular flexibility index (Phi) is 3.98. The third kappa shape index (κ3) is 3.21. The highest BCUT2D eigenvalue weighted by Gasteiger charge is 2.05. The summed E-state index contributed by atoms with van der Waals surface area (Å²) in [4.78, 5) is 4.26. The number of anilines is 1. The highest BCUT2D eigenvalue weighted by molar-refractivity contribution is 6.30. The molecule has 3 nitrogen and oxygen atoms in total. The maximum Gasteiger partial charge on any atom is 0.144 e. The van der Waals surface area contributed by atoms with Crippen LogP contribution in [0.4, 0.5) is 10.2 Å². The molecule has 1 heterocycles. The molecule has 0 radical (unpaired) electrons. The lowest BCUT2D eigenvalue weighted by Crippen LogP contribution is -2.04. The number of benzene rings is 1. The minimum atomic E-state index is -0.447. The maximum atomic E-state index is 13.0. The van der Waals surface area contributed by atoms with E-state index >= 15 is 0 Å². The number of pyridine rings is 1. The monoisotopic (exact) mass is 275 g/mol. The van der Waals surface area contributed by atoms with E-state index < -0.39 is 5.82 Å². The normalized spacial score (nSPS) is 10.0. The summed E-state index contributed by atoms with van der Waals surface area (Å²) in [6, 6.07) is 10.1. The van der Waals surface area contributed by atoms with E-state index in [1.165, 1.54) is 6.07 Å². The molecule has 96 valence electrons. The van der Waals surface area contributed by atoms with Crippen LogP contribution in [0.2, 0.25) is 5.02 Å². The minimum Gasteiger partial charge on any atom is -0.365 e. The van der Waals surface area contributed by atoms with E-state index in [-0.39, 0.29) is 5.02 Å². The first-order chi connectivity index (χ1) is 9.10. The van der Waals surface area contributed by atoms with Gasteiger partial charge in [0.05, 0.1) is 10.6 Å². The molecule has 0 aliphatic heterocycles. The third-order valence-corrected chi connectivity index (χ3v) is 2.89. The quantitative estimate of drug-likeness (QED) is 0.930. The smallest absolute Gasteiger partial charge is 0.144 e. The van der Waals surface area contributed by atoms with Crippen molar-refractivity contribution in [2.45, 2.75) is 13.5 Å². The van der Waals surface area contributed by atoms with E-state index in [9.17, 15) is 4.39 Å². The van der Waals surface area contributed by atoms with Crippen LogP contribution in [-0.4, -0.2) is 4.98 Å². The number of nitriles is 1. The van der Waals surface area contributed by atoms with E-state index in [1.54, 1.807) is 24.3 Å². The number of hydrogen-bond donors (Lipinski definition) is 1. The fraction of sp³-hybridized carbons (Fsp3) is 0.143. The average molecular weight is 276 g/mol. The van der Waals surface area contributed by atoms with Crippen LogP contribution in [0.1, 0.15) is 16.8 Å². The van der Waals surface area contributed by atoms with Gasteiger partial charge in [0.1, 0.15) is 17.7 Å². The molecular weight excluding hydrogens is 265 g/mol. The maximum absolute atomic E-state index is 13.0. The Morgan fingerprint density at radius 2 is 2.16 bits per heavy atom. The number of halogens is 2. The molecule has 0 saturated carbocycles. The van der Waals surface area contributed by atoms with Gasteiger partial charge in [0, 0.05) is 12.2 Å². The second-order valence-corrected chi connectivity index (χ2v) is 4.47. The standard InChI is InChI=1S/C14H11ClFN3/c1-9-2-4-11(7-17)14(19-9)18-8-10-3-5-13(16)12(15)6-10/h2-6H,8H2,1H3,(H,18,19). The number of rotatable bonds is 3. The van der Waals surface area contributed by atoms with Gasteiger partial charge in [0.2, 0.25) is 0 Å². The molecule has 0 amide bonds. The Hall–Kier alpha value is -2.12. The second-order valence-electron chi connectivity index (χ2n) is 4.06. The number of aryl methyl sites for hydroxylation is 1. The number of nitrogens with one attached hydrogen (secondary N) is 1. The Morgan fingerprint density at radius 1 is 1.37 bits per heavy atom. The first kappa shape index (κ1) is 13.3. The summed E-state index contributed by atoms with van der Waals surface area (Å²) < 4.78 is 13.0. The van der Waals surface area contributed by atoms with Crippen molar-refractivity contribution in [3.63, 3.8) is 0 Å². The van der Waals surface area contributed by atoms with E-state index in [1.807, 2.05) is 6.92 Å². The van der Waals surface area contributed by atoms with Crippen molar-refractivity contribution in [2.24, 2.45) is 0 Å². The van der Waals surface area contributed by atoms with Crippen molar-refractivity contribution in [1.82, 2.24) is 4.98 Å². The molecule has 2 rings (SSSR count). The van der Waals surface area contributed by atoms with Crippen molar-refractivity contribution in [1.29, 1.82) is 5.26 Å². The molecule has 2 aromatic rings. The Bertz CT molecular complexity index is 650. The molecule has 19 heavy (non-hydrogen) atoms. The van der Waals surface area contributed by atoms with Crippen molar-refractivity contribution >= 4 is 17.4 Å². The first-order valence-electron chi connectivity index (χ1n) is 5.65. The first-order valence-corrected chi connectivity index (χ1v) is 6.03. The summed E-state index contributed by atoms with van der Waals surface area (Å²) in [5.41, 5.74) is 2.11. The number of nitrogens with zero attached hydrogens (tertiary/aromatic N) is 2. The lowest BCUT2D eigenvalue weighted by molar-refractivity contribution is 0.627. The largest absolute Gasteiger partial charge is 0.365 e. The molecule has 1 aromatic carbocycles. The van der Waals surface area contributed by atoms with Gasteiger partial charge in [-0.1, -0.05) is 17.7 Å². The molecule has 1 N–H and O–H groups in total. The van der Waals surface area contributed by atoms with E-state index in [4.69, 9.17) is 16.9 Å². The second kappa shape index (κ2) is 5.68. The van der Waals surface area contributed by atoms with Crippen molar-refractivity contribution in [2.75, 3.05) is 5.32 Å². The van der Waals surface area contributed by atoms with Gasteiger partial charge in [-0.3, -0.25) is 0 Å². The van der Waals surface area contributed by atoms with Crippen LogP contribution in [0.3, 0.4) is 0 Å². The van der Waals surface area contributed by atoms with Crippen molar-refractivity contribution in [3.05, 3.63) is 58.0 Å². The zero-order valence-corrected chi connectivity index (χ0v) is 11.0. The van der Waals surface area contributed by atoms with Crippen molar-refractivity contribution < 1.29 is 4.39 Å². The van der Waals surface area contributed by atoms with Gasteiger partial charge in [-0.15, -0.1) is 0 Å². The molecule has 0 spiro atoms. The average Bonchev–Trinajstić information content (AvgIpc) is 2.40. The molecule has 5 heteroatoms. The lowest BCUT2D eigenvalue weighted by atomic mass is 10.2. The molecule has 0 fully saturated rings. The van der Waals surface area contributed by atoms with E-state index in [0.717, 1.165) is 11.3 Å². The molecular formula is C14H11ClFN3. The minimum absolute atomic E-state index is 0.0806. The van der Waals surface area contributed by atoms with Gasteiger partial charge in [0.25, 0.3) is 0 Å². The Morgan fingerprint density at radius 3 is 2.84 bits per heavy atom. The summed E-state index contributed by atoms with van der Waals surface area (Å²) >= 11 is 5.71. The van der Waals surface area contributed by atoms with Gasteiger partial charge in [-0.2, -0.15) is 5.26 Å². The van der Waals surface area contributed by atoms with Crippen LogP contribution in [-0.2, 0) is 6.54 Å². The number of aromatic nitrogens is 1. The molecule has 0 bridgehead atoms. The van der Waals surface area contributed by atoms with Gasteiger partial charge in [-0.05, 0) is 36.8 Å². The van der Waals surface area contributed by atoms with Gasteiger partial charge < -0.3 is 5.32 Å². The van der Waals surface area contributed by atoms with Crippen LogP contribution in [0, 0.1) is 24.1 Å². The highest BCUT2D eigenvalue weighted by Crippen LogP contribution is 2.18. The fourth-order valence-electron chi connectivity index (χ4n) is 1.62. The summed E-state index contributed by atoms with van der Waals surface area (Å²) in [5, 5.41) is 12.1. The van der Waals surface area contributed by atoms with Crippen LogP contribution in [0.25, 0.3) is 0 Å². The Labute approximate surface area is 115 Å². The summed E-state index contributed by atoms with van der Waals surface area (Å²) in [6.45, 7) is 2.27. The molecule has 1 aromatic heterocycles. The van der Waals surface area contributed by atoms with Crippen molar-refractivity contribution in [3.8, 4) is 6.07 Å². The van der Waals surface area contributed by atoms with Crippen LogP contribution in [0.15, 0.2) is 30.3 Å². The van der Waals surface area contributed by atoms with Gasteiger partial charge in [0.15, 0.2) is 0 Å². The molecule has 0 aliphatic rings. The zero-order valence-electron chi connectivity index (χ0n) is 10.2. The molecule has 0 saturated heterocycles. The summed E-state index contributed by atoms with van der Waals surface area (Å²) in [7, 11) is 0.